The van der Waals surface area contributed by atoms with Gasteiger partial charge in [-0.3, -0.25) is 0 Å². The zero-order valence-electron chi connectivity index (χ0n) is 8.74. The van der Waals surface area contributed by atoms with E-state index in [1.807, 2.05) is 0 Å². The van der Waals surface area contributed by atoms with Crippen LogP contribution in [0.25, 0.3) is 10.4 Å². The predicted octanol–water partition coefficient (Wildman–Crippen LogP) is 3.66. The van der Waals surface area contributed by atoms with Crippen molar-refractivity contribution in [2.24, 2.45) is 11.0 Å². The van der Waals surface area contributed by atoms with Crippen LogP contribution in [0.2, 0.25) is 0 Å². The highest BCUT2D eigenvalue weighted by Gasteiger charge is 2.17. The molecule has 0 aromatic heterocycles. The number of nitrogens with zero attached hydrogens (tertiary/aromatic N) is 3. The van der Waals surface area contributed by atoms with Crippen molar-refractivity contribution in [3.8, 4) is 11.8 Å². The van der Waals surface area contributed by atoms with Crippen LogP contribution >= 0.6 is 0 Å². The lowest BCUT2D eigenvalue weighted by Crippen LogP contribution is -2.01. The second-order valence-electron chi connectivity index (χ2n) is 3.80. The molecular weight excluding hydrogens is 174 g/mol. The van der Waals surface area contributed by atoms with Crippen molar-refractivity contribution < 1.29 is 0 Å². The second-order valence-corrected chi connectivity index (χ2v) is 3.80. The first-order chi connectivity index (χ1) is 6.86. The third-order valence-corrected chi connectivity index (χ3v) is 2.33. The number of azide groups is 1. The summed E-state index contributed by atoms with van der Waals surface area (Å²) >= 11 is 0. The first kappa shape index (κ1) is 10.9. The molecule has 0 aromatic carbocycles. The minimum atomic E-state index is 0.0891. The largest absolute Gasteiger partial charge is 0.103 e. The molecule has 0 aromatic rings. The molecule has 0 radical (unpaired) electrons. The molecule has 1 aliphatic carbocycles. The molecule has 76 valence electrons. The van der Waals surface area contributed by atoms with E-state index in [9.17, 15) is 0 Å². The fourth-order valence-corrected chi connectivity index (χ4v) is 1.26. The van der Waals surface area contributed by atoms with Gasteiger partial charge in [0.1, 0.15) is 0 Å². The van der Waals surface area contributed by atoms with Crippen LogP contribution < -0.4 is 0 Å². The van der Waals surface area contributed by atoms with E-state index in [0.29, 0.717) is 5.92 Å². The van der Waals surface area contributed by atoms with Gasteiger partial charge in [0.2, 0.25) is 0 Å². The summed E-state index contributed by atoms with van der Waals surface area (Å²) < 4.78 is 0. The Balaban J connectivity index is 2.26. The summed E-state index contributed by atoms with van der Waals surface area (Å²) in [5.74, 6) is 6.96. The molecule has 14 heavy (non-hydrogen) atoms. The van der Waals surface area contributed by atoms with E-state index < -0.39 is 0 Å². The number of hydrogen-bond donors (Lipinski definition) is 0. The van der Waals surface area contributed by atoms with Crippen LogP contribution in [0.15, 0.2) is 5.11 Å². The van der Waals surface area contributed by atoms with E-state index in [-0.39, 0.29) is 6.04 Å². The summed E-state index contributed by atoms with van der Waals surface area (Å²) in [5, 5.41) is 3.76. The van der Waals surface area contributed by atoms with Crippen LogP contribution in [-0.2, 0) is 0 Å². The zero-order chi connectivity index (χ0) is 10.2. The van der Waals surface area contributed by atoms with Crippen LogP contribution in [0, 0.1) is 17.8 Å². The van der Waals surface area contributed by atoms with E-state index >= 15 is 0 Å². The first-order valence-electron chi connectivity index (χ1n) is 5.39. The molecular formula is C11H17N3. The van der Waals surface area contributed by atoms with Crippen LogP contribution in [0.1, 0.15) is 45.4 Å². The van der Waals surface area contributed by atoms with E-state index in [2.05, 4.69) is 28.8 Å². The molecule has 0 aliphatic heterocycles. The van der Waals surface area contributed by atoms with Gasteiger partial charge in [0, 0.05) is 23.3 Å². The fourth-order valence-electron chi connectivity index (χ4n) is 1.26. The standard InChI is InChI=1S/C11H17N3/c1-2-3-6-11(13-14-12)7-4-5-10-8-9-10/h10-11H,2-3,6-9H2,1H3. The first-order valence-corrected chi connectivity index (χ1v) is 5.39. The Kier molecular flexibility index (Phi) is 4.96. The third-order valence-electron chi connectivity index (χ3n) is 2.33. The van der Waals surface area contributed by atoms with Crippen LogP contribution in [0.5, 0.6) is 0 Å². The lowest BCUT2D eigenvalue weighted by molar-refractivity contribution is 0.585. The Labute approximate surface area is 85.5 Å². The van der Waals surface area contributed by atoms with E-state index in [1.165, 1.54) is 12.8 Å². The highest BCUT2D eigenvalue weighted by atomic mass is 15.1. The van der Waals surface area contributed by atoms with Crippen molar-refractivity contribution in [1.82, 2.24) is 0 Å². The SMILES string of the molecule is CCCCC(CC#CC1CC1)N=[N+]=[N-]. The Morgan fingerprint density at radius 3 is 2.93 bits per heavy atom. The van der Waals surface area contributed by atoms with E-state index in [4.69, 9.17) is 5.53 Å². The van der Waals surface area contributed by atoms with Crippen molar-refractivity contribution in [3.05, 3.63) is 10.4 Å². The van der Waals surface area contributed by atoms with Crippen LogP contribution in [0.4, 0.5) is 0 Å². The minimum absolute atomic E-state index is 0.0891. The van der Waals surface area contributed by atoms with Gasteiger partial charge in [-0.1, -0.05) is 30.8 Å². The normalized spacial score (nSPS) is 16.4. The van der Waals surface area contributed by atoms with Crippen LogP contribution in [-0.4, -0.2) is 6.04 Å². The third kappa shape index (κ3) is 4.79. The van der Waals surface area contributed by atoms with Crippen molar-refractivity contribution in [2.45, 2.75) is 51.5 Å². The molecule has 1 rings (SSSR count). The maximum atomic E-state index is 8.37. The molecule has 1 saturated carbocycles. The van der Waals surface area contributed by atoms with Gasteiger partial charge in [0.15, 0.2) is 0 Å². The Hall–Kier alpha value is -1.13. The smallest absolute Gasteiger partial charge is 0.0483 e. The van der Waals surface area contributed by atoms with Gasteiger partial charge in [0.05, 0.1) is 0 Å². The molecule has 1 atom stereocenters. The summed E-state index contributed by atoms with van der Waals surface area (Å²) in [7, 11) is 0. The molecule has 0 heterocycles. The summed E-state index contributed by atoms with van der Waals surface area (Å²) in [5.41, 5.74) is 8.37. The maximum Gasteiger partial charge on any atom is 0.0483 e. The second kappa shape index (κ2) is 6.34. The van der Waals surface area contributed by atoms with Crippen molar-refractivity contribution in [3.63, 3.8) is 0 Å². The van der Waals surface area contributed by atoms with Gasteiger partial charge in [-0.2, -0.15) is 0 Å². The average Bonchev–Trinajstić information content (AvgIpc) is 2.98. The summed E-state index contributed by atoms with van der Waals surface area (Å²) in [6, 6.07) is 0.0891. The fraction of sp³-hybridized carbons (Fsp3) is 0.818. The van der Waals surface area contributed by atoms with Crippen molar-refractivity contribution in [2.75, 3.05) is 0 Å². The summed E-state index contributed by atoms with van der Waals surface area (Å²) in [6.45, 7) is 2.14. The van der Waals surface area contributed by atoms with Gasteiger partial charge in [-0.05, 0) is 24.8 Å². The Morgan fingerprint density at radius 2 is 2.36 bits per heavy atom. The Morgan fingerprint density at radius 1 is 1.57 bits per heavy atom. The summed E-state index contributed by atoms with van der Waals surface area (Å²) in [4.78, 5) is 2.86. The summed E-state index contributed by atoms with van der Waals surface area (Å²) in [6.07, 6.45) is 6.49. The quantitative estimate of drug-likeness (QED) is 0.275. The van der Waals surface area contributed by atoms with Gasteiger partial charge < -0.3 is 0 Å². The van der Waals surface area contributed by atoms with Crippen molar-refractivity contribution in [1.29, 1.82) is 0 Å². The Bertz CT molecular complexity index is 264. The highest BCUT2D eigenvalue weighted by Crippen LogP contribution is 2.27. The minimum Gasteiger partial charge on any atom is -0.103 e. The number of hydrogen-bond acceptors (Lipinski definition) is 1. The molecule has 1 fully saturated rings. The molecule has 0 amide bonds. The predicted molar refractivity (Wildman–Crippen MR) is 57.6 cm³/mol. The lowest BCUT2D eigenvalue weighted by atomic mass is 10.1. The molecule has 3 heteroatoms. The van der Waals surface area contributed by atoms with Gasteiger partial charge in [-0.15, -0.1) is 5.92 Å². The topological polar surface area (TPSA) is 48.8 Å². The number of rotatable bonds is 5. The lowest BCUT2D eigenvalue weighted by Gasteiger charge is -2.04. The van der Waals surface area contributed by atoms with Gasteiger partial charge in [-0.25, -0.2) is 0 Å². The monoisotopic (exact) mass is 191 g/mol. The van der Waals surface area contributed by atoms with Gasteiger partial charge in [0.25, 0.3) is 0 Å². The molecule has 0 spiro atoms. The molecule has 1 unspecified atom stereocenters. The van der Waals surface area contributed by atoms with E-state index in [1.54, 1.807) is 0 Å². The molecule has 3 nitrogen and oxygen atoms in total. The maximum absolute atomic E-state index is 8.37. The van der Waals surface area contributed by atoms with Crippen LogP contribution in [0.3, 0.4) is 0 Å². The number of unbranched alkanes of at least 4 members (excludes halogenated alkanes) is 1. The van der Waals surface area contributed by atoms with Crippen molar-refractivity contribution >= 4 is 0 Å². The molecule has 0 saturated heterocycles. The average molecular weight is 191 g/mol. The molecule has 1 aliphatic rings. The van der Waals surface area contributed by atoms with Gasteiger partial charge >= 0.3 is 0 Å². The molecule has 0 bridgehead atoms. The zero-order valence-corrected chi connectivity index (χ0v) is 8.74. The van der Waals surface area contributed by atoms with E-state index in [0.717, 1.165) is 25.7 Å². The molecule has 0 N–H and O–H groups in total. The highest BCUT2D eigenvalue weighted by molar-refractivity contribution is 5.10.